The van der Waals surface area contributed by atoms with Crippen molar-refractivity contribution >= 4 is 0 Å². The van der Waals surface area contributed by atoms with Gasteiger partial charge in [-0.05, 0) is 63.1 Å². The highest BCUT2D eigenvalue weighted by Crippen LogP contribution is 2.27. The maximum atomic E-state index is 14.0. The van der Waals surface area contributed by atoms with E-state index in [1.54, 1.807) is 6.07 Å². The van der Waals surface area contributed by atoms with Gasteiger partial charge in [-0.3, -0.25) is 0 Å². The van der Waals surface area contributed by atoms with Crippen LogP contribution in [0.1, 0.15) is 54.8 Å². The Bertz CT molecular complexity index is 404. The molecule has 0 spiro atoms. The third-order valence-corrected chi connectivity index (χ3v) is 3.93. The van der Waals surface area contributed by atoms with Crippen molar-refractivity contribution < 1.29 is 9.13 Å². The van der Waals surface area contributed by atoms with Gasteiger partial charge in [-0.15, -0.1) is 0 Å². The predicted octanol–water partition coefficient (Wildman–Crippen LogP) is 3.79. The third-order valence-electron chi connectivity index (χ3n) is 3.93. The summed E-state index contributed by atoms with van der Waals surface area (Å²) in [6, 6.07) is 3.33. The first-order chi connectivity index (χ1) is 9.08. The summed E-state index contributed by atoms with van der Waals surface area (Å²) in [5, 5.41) is 0. The molecule has 1 aromatic carbocycles. The van der Waals surface area contributed by atoms with Gasteiger partial charge in [0.2, 0.25) is 0 Å². The van der Waals surface area contributed by atoms with Gasteiger partial charge in [0, 0.05) is 18.2 Å². The highest BCUT2D eigenvalue weighted by Gasteiger charge is 2.19. The number of hydrogen-bond donors (Lipinski definition) is 1. The largest absolute Gasteiger partial charge is 0.378 e. The average molecular weight is 265 g/mol. The van der Waals surface area contributed by atoms with Crippen LogP contribution in [0.4, 0.5) is 4.39 Å². The third kappa shape index (κ3) is 3.77. The molecule has 3 heteroatoms. The van der Waals surface area contributed by atoms with Crippen molar-refractivity contribution in [2.45, 2.75) is 58.1 Å². The van der Waals surface area contributed by atoms with E-state index in [0.717, 1.165) is 43.4 Å². The van der Waals surface area contributed by atoms with Gasteiger partial charge in [0.15, 0.2) is 0 Å². The molecule has 2 atom stereocenters. The van der Waals surface area contributed by atoms with Crippen LogP contribution in [0.25, 0.3) is 0 Å². The molecule has 2 N–H and O–H groups in total. The fraction of sp³-hybridized carbons (Fsp3) is 0.625. The first-order valence-electron chi connectivity index (χ1n) is 7.21. The van der Waals surface area contributed by atoms with Gasteiger partial charge >= 0.3 is 0 Å². The summed E-state index contributed by atoms with van der Waals surface area (Å²) < 4.78 is 19.7. The summed E-state index contributed by atoms with van der Waals surface area (Å²) in [5.74, 6) is -0.172. The molecule has 2 rings (SSSR count). The molecule has 0 radical (unpaired) electrons. The molecule has 1 saturated heterocycles. The van der Waals surface area contributed by atoms with Crippen molar-refractivity contribution in [2.24, 2.45) is 5.73 Å². The molecule has 1 aliphatic rings. The molecular formula is C16H24FNO. The molecule has 1 aromatic rings. The van der Waals surface area contributed by atoms with E-state index in [0.29, 0.717) is 11.7 Å². The number of nitrogens with two attached hydrogens (primary N) is 1. The van der Waals surface area contributed by atoms with Crippen LogP contribution < -0.4 is 5.73 Å². The summed E-state index contributed by atoms with van der Waals surface area (Å²) in [6.07, 6.45) is 5.53. The second kappa shape index (κ2) is 6.49. The number of benzene rings is 1. The fourth-order valence-electron chi connectivity index (χ4n) is 2.94. The van der Waals surface area contributed by atoms with Crippen molar-refractivity contribution in [3.05, 3.63) is 34.6 Å². The van der Waals surface area contributed by atoms with Crippen molar-refractivity contribution in [1.29, 1.82) is 0 Å². The number of aryl methyl sites for hydroxylation is 2. The van der Waals surface area contributed by atoms with E-state index in [4.69, 9.17) is 10.5 Å². The maximum Gasteiger partial charge on any atom is 0.128 e. The van der Waals surface area contributed by atoms with Crippen LogP contribution >= 0.6 is 0 Å². The van der Waals surface area contributed by atoms with Crippen molar-refractivity contribution in [1.82, 2.24) is 0 Å². The Hall–Kier alpha value is -0.930. The molecule has 0 aromatic heterocycles. The summed E-state index contributed by atoms with van der Waals surface area (Å²) in [6.45, 7) is 4.70. The zero-order valence-electron chi connectivity index (χ0n) is 11.9. The van der Waals surface area contributed by atoms with Crippen LogP contribution in [0.3, 0.4) is 0 Å². The number of halogens is 1. The molecule has 0 amide bonds. The lowest BCUT2D eigenvalue weighted by Gasteiger charge is -2.24. The normalized spacial score (nSPS) is 21.4. The summed E-state index contributed by atoms with van der Waals surface area (Å²) in [5.41, 5.74) is 8.74. The molecule has 1 aliphatic heterocycles. The average Bonchev–Trinajstić information content (AvgIpc) is 2.36. The van der Waals surface area contributed by atoms with Crippen LogP contribution in [0.15, 0.2) is 12.1 Å². The lowest BCUT2D eigenvalue weighted by molar-refractivity contribution is 0.00907. The van der Waals surface area contributed by atoms with Crippen molar-refractivity contribution in [2.75, 3.05) is 6.61 Å². The van der Waals surface area contributed by atoms with E-state index in [1.165, 1.54) is 6.42 Å². The van der Waals surface area contributed by atoms with Crippen molar-refractivity contribution in [3.63, 3.8) is 0 Å². The number of rotatable bonds is 4. The lowest BCUT2D eigenvalue weighted by atomic mass is 9.94. The molecule has 0 saturated carbocycles. The van der Waals surface area contributed by atoms with Crippen molar-refractivity contribution in [3.8, 4) is 0 Å². The van der Waals surface area contributed by atoms with Crippen LogP contribution in [0.5, 0.6) is 0 Å². The van der Waals surface area contributed by atoms with Gasteiger partial charge in [-0.2, -0.15) is 0 Å². The molecule has 1 fully saturated rings. The van der Waals surface area contributed by atoms with E-state index < -0.39 is 0 Å². The van der Waals surface area contributed by atoms with Gasteiger partial charge < -0.3 is 10.5 Å². The van der Waals surface area contributed by atoms with E-state index in [-0.39, 0.29) is 11.9 Å². The molecule has 0 aliphatic carbocycles. The molecule has 2 nitrogen and oxygen atoms in total. The first-order valence-corrected chi connectivity index (χ1v) is 7.21. The van der Waals surface area contributed by atoms with E-state index in [2.05, 4.69) is 0 Å². The number of ether oxygens (including phenoxy) is 1. The maximum absolute atomic E-state index is 14.0. The van der Waals surface area contributed by atoms with Gasteiger partial charge in [-0.25, -0.2) is 4.39 Å². The molecule has 19 heavy (non-hydrogen) atoms. The first kappa shape index (κ1) is 14.5. The Balaban J connectivity index is 1.97. The minimum atomic E-state index is -0.230. The van der Waals surface area contributed by atoms with Gasteiger partial charge in [0.05, 0.1) is 6.10 Å². The molecule has 1 heterocycles. The van der Waals surface area contributed by atoms with Crippen LogP contribution in [-0.2, 0) is 4.74 Å². The quantitative estimate of drug-likeness (QED) is 0.899. The monoisotopic (exact) mass is 265 g/mol. The van der Waals surface area contributed by atoms with Gasteiger partial charge in [0.25, 0.3) is 0 Å². The Morgan fingerprint density at radius 1 is 1.37 bits per heavy atom. The molecule has 0 bridgehead atoms. The highest BCUT2D eigenvalue weighted by atomic mass is 19.1. The fourth-order valence-corrected chi connectivity index (χ4v) is 2.94. The second-order valence-electron chi connectivity index (χ2n) is 5.65. The lowest BCUT2D eigenvalue weighted by Crippen LogP contribution is -2.22. The van der Waals surface area contributed by atoms with E-state index in [9.17, 15) is 4.39 Å². The van der Waals surface area contributed by atoms with E-state index in [1.807, 2.05) is 19.9 Å². The second-order valence-corrected chi connectivity index (χ2v) is 5.65. The van der Waals surface area contributed by atoms with E-state index >= 15 is 0 Å². The zero-order chi connectivity index (χ0) is 13.8. The summed E-state index contributed by atoms with van der Waals surface area (Å²) >= 11 is 0. The predicted molar refractivity (Wildman–Crippen MR) is 75.6 cm³/mol. The van der Waals surface area contributed by atoms with Crippen LogP contribution in [0, 0.1) is 19.7 Å². The summed E-state index contributed by atoms with van der Waals surface area (Å²) in [4.78, 5) is 0. The molecular weight excluding hydrogens is 241 g/mol. The standard InChI is InChI=1S/C16H24FNO/c1-11-9-12(2)16(14(17)10-11)15(18)7-6-13-5-3-4-8-19-13/h9-10,13,15H,3-8,18H2,1-2H3. The topological polar surface area (TPSA) is 35.2 Å². The summed E-state index contributed by atoms with van der Waals surface area (Å²) in [7, 11) is 0. The van der Waals surface area contributed by atoms with Gasteiger partial charge in [0.1, 0.15) is 5.82 Å². The van der Waals surface area contributed by atoms with Crippen LogP contribution in [-0.4, -0.2) is 12.7 Å². The number of hydrogen-bond acceptors (Lipinski definition) is 2. The minimum Gasteiger partial charge on any atom is -0.378 e. The Morgan fingerprint density at radius 2 is 2.16 bits per heavy atom. The van der Waals surface area contributed by atoms with Gasteiger partial charge in [-0.1, -0.05) is 6.07 Å². The Kier molecular flexibility index (Phi) is 4.94. The minimum absolute atomic E-state index is 0.172. The Labute approximate surface area is 115 Å². The van der Waals surface area contributed by atoms with Crippen LogP contribution in [0.2, 0.25) is 0 Å². The SMILES string of the molecule is Cc1cc(C)c(C(N)CCC2CCCCO2)c(F)c1. The Morgan fingerprint density at radius 3 is 2.79 bits per heavy atom. The zero-order valence-corrected chi connectivity index (χ0v) is 11.9. The highest BCUT2D eigenvalue weighted by molar-refractivity contribution is 5.34. The smallest absolute Gasteiger partial charge is 0.128 e. The molecule has 2 unspecified atom stereocenters. The molecule has 106 valence electrons.